The van der Waals surface area contributed by atoms with Crippen molar-refractivity contribution in [3.63, 3.8) is 0 Å². The maximum atomic E-state index is 8.93. The fraction of sp³-hybridized carbons (Fsp3) is 0.409. The molecule has 0 heterocycles. The van der Waals surface area contributed by atoms with Crippen molar-refractivity contribution >= 4 is 11.6 Å². The standard InChI is InChI=1S/C22H24ClNO2/c1-15(2)16-3-6-18(7-4-16)25-19-9-11-20(12-10-19)26-21-8-5-17(14-24)22(23)13-21/h3-8,13,15,19-20H,9-12H2,1-2H3. The largest absolute Gasteiger partial charge is 0.490 e. The molecule has 3 nitrogen and oxygen atoms in total. The Bertz CT molecular complexity index is 772. The highest BCUT2D eigenvalue weighted by Crippen LogP contribution is 2.29. The molecule has 0 aliphatic heterocycles. The summed E-state index contributed by atoms with van der Waals surface area (Å²) < 4.78 is 12.2. The van der Waals surface area contributed by atoms with Gasteiger partial charge in [-0.15, -0.1) is 0 Å². The Labute approximate surface area is 160 Å². The maximum Gasteiger partial charge on any atom is 0.121 e. The first kappa shape index (κ1) is 18.6. The zero-order valence-corrected chi connectivity index (χ0v) is 16.0. The van der Waals surface area contributed by atoms with Gasteiger partial charge in [-0.25, -0.2) is 0 Å². The number of benzene rings is 2. The summed E-state index contributed by atoms with van der Waals surface area (Å²) in [6, 6.07) is 15.7. The fourth-order valence-electron chi connectivity index (χ4n) is 3.24. The second-order valence-corrected chi connectivity index (χ2v) is 7.52. The van der Waals surface area contributed by atoms with Gasteiger partial charge in [0.1, 0.15) is 17.6 Å². The molecule has 0 amide bonds. The third kappa shape index (κ3) is 4.71. The van der Waals surface area contributed by atoms with Gasteiger partial charge in [-0.05, 0) is 61.4 Å². The van der Waals surface area contributed by atoms with Crippen LogP contribution in [0.1, 0.15) is 56.6 Å². The van der Waals surface area contributed by atoms with E-state index >= 15 is 0 Å². The van der Waals surface area contributed by atoms with Crippen LogP contribution in [0.25, 0.3) is 0 Å². The maximum absolute atomic E-state index is 8.93. The molecule has 1 saturated carbocycles. The third-order valence-electron chi connectivity index (χ3n) is 4.83. The van der Waals surface area contributed by atoms with Crippen LogP contribution in [0.15, 0.2) is 42.5 Å². The molecule has 0 atom stereocenters. The van der Waals surface area contributed by atoms with Crippen LogP contribution in [-0.4, -0.2) is 12.2 Å². The Morgan fingerprint density at radius 3 is 1.96 bits per heavy atom. The molecule has 4 heteroatoms. The Hall–Kier alpha value is -2.18. The molecule has 2 aromatic carbocycles. The molecule has 0 N–H and O–H groups in total. The molecule has 1 aliphatic carbocycles. The van der Waals surface area contributed by atoms with Crippen LogP contribution in [0, 0.1) is 11.3 Å². The molecule has 1 fully saturated rings. The zero-order chi connectivity index (χ0) is 18.5. The molecule has 3 rings (SSSR count). The summed E-state index contributed by atoms with van der Waals surface area (Å²) in [4.78, 5) is 0. The van der Waals surface area contributed by atoms with Gasteiger partial charge in [0.25, 0.3) is 0 Å². The molecule has 26 heavy (non-hydrogen) atoms. The summed E-state index contributed by atoms with van der Waals surface area (Å²) in [6.07, 6.45) is 4.26. The Balaban J connectivity index is 1.49. The molecule has 1 aliphatic rings. The average Bonchev–Trinajstić information content (AvgIpc) is 2.64. The smallest absolute Gasteiger partial charge is 0.121 e. The lowest BCUT2D eigenvalue weighted by Gasteiger charge is -2.29. The number of hydrogen-bond acceptors (Lipinski definition) is 3. The molecule has 0 radical (unpaired) electrons. The highest BCUT2D eigenvalue weighted by atomic mass is 35.5. The highest BCUT2D eigenvalue weighted by molar-refractivity contribution is 6.31. The fourth-order valence-corrected chi connectivity index (χ4v) is 3.46. The van der Waals surface area contributed by atoms with Crippen molar-refractivity contribution in [1.29, 1.82) is 5.26 Å². The van der Waals surface area contributed by atoms with E-state index in [9.17, 15) is 0 Å². The summed E-state index contributed by atoms with van der Waals surface area (Å²) in [5, 5.41) is 9.37. The number of hydrogen-bond donors (Lipinski definition) is 0. The second kappa shape index (κ2) is 8.47. The number of nitriles is 1. The van der Waals surface area contributed by atoms with E-state index in [-0.39, 0.29) is 12.2 Å². The molecule has 0 aromatic heterocycles. The second-order valence-electron chi connectivity index (χ2n) is 7.11. The normalized spacial score (nSPS) is 19.8. The number of nitrogens with zero attached hydrogens (tertiary/aromatic N) is 1. The molecule has 0 bridgehead atoms. The first-order chi connectivity index (χ1) is 12.5. The number of halogens is 1. The van der Waals surface area contributed by atoms with E-state index in [1.165, 1.54) is 5.56 Å². The molecule has 0 unspecified atom stereocenters. The van der Waals surface area contributed by atoms with Gasteiger partial charge in [0.05, 0.1) is 22.8 Å². The number of rotatable bonds is 5. The van der Waals surface area contributed by atoms with Crippen LogP contribution in [-0.2, 0) is 0 Å². The van der Waals surface area contributed by atoms with Crippen molar-refractivity contribution in [2.45, 2.75) is 57.7 Å². The third-order valence-corrected chi connectivity index (χ3v) is 5.15. The van der Waals surface area contributed by atoms with Gasteiger partial charge in [-0.3, -0.25) is 0 Å². The van der Waals surface area contributed by atoms with Crippen LogP contribution in [0.2, 0.25) is 5.02 Å². The lowest BCUT2D eigenvalue weighted by molar-refractivity contribution is 0.0806. The van der Waals surface area contributed by atoms with Crippen LogP contribution >= 0.6 is 11.6 Å². The van der Waals surface area contributed by atoms with Crippen LogP contribution in [0.4, 0.5) is 0 Å². The molecule has 0 spiro atoms. The van der Waals surface area contributed by atoms with E-state index in [0.717, 1.165) is 37.2 Å². The first-order valence-corrected chi connectivity index (χ1v) is 9.56. The Kier molecular flexibility index (Phi) is 6.06. The summed E-state index contributed by atoms with van der Waals surface area (Å²) in [5.74, 6) is 2.20. The Morgan fingerprint density at radius 1 is 0.923 bits per heavy atom. The van der Waals surface area contributed by atoms with Gasteiger partial charge in [-0.2, -0.15) is 5.26 Å². The van der Waals surface area contributed by atoms with Crippen molar-refractivity contribution < 1.29 is 9.47 Å². The van der Waals surface area contributed by atoms with E-state index < -0.39 is 0 Å². The first-order valence-electron chi connectivity index (χ1n) is 9.18. The van der Waals surface area contributed by atoms with Crippen molar-refractivity contribution in [1.82, 2.24) is 0 Å². The monoisotopic (exact) mass is 369 g/mol. The van der Waals surface area contributed by atoms with Gasteiger partial charge in [0.2, 0.25) is 0 Å². The Morgan fingerprint density at radius 2 is 1.46 bits per heavy atom. The van der Waals surface area contributed by atoms with E-state index in [4.69, 9.17) is 26.3 Å². The SMILES string of the molecule is CC(C)c1ccc(OC2CCC(Oc3ccc(C#N)c(Cl)c3)CC2)cc1. The van der Waals surface area contributed by atoms with E-state index in [0.29, 0.717) is 16.5 Å². The lowest BCUT2D eigenvalue weighted by atomic mass is 9.94. The summed E-state index contributed by atoms with van der Waals surface area (Å²) >= 11 is 6.07. The molecule has 136 valence electrons. The highest BCUT2D eigenvalue weighted by Gasteiger charge is 2.24. The predicted molar refractivity (Wildman–Crippen MR) is 104 cm³/mol. The van der Waals surface area contributed by atoms with Gasteiger partial charge in [-0.1, -0.05) is 37.6 Å². The summed E-state index contributed by atoms with van der Waals surface area (Å²) in [7, 11) is 0. The van der Waals surface area contributed by atoms with Crippen LogP contribution < -0.4 is 9.47 Å². The summed E-state index contributed by atoms with van der Waals surface area (Å²) in [6.45, 7) is 4.39. The van der Waals surface area contributed by atoms with Gasteiger partial charge >= 0.3 is 0 Å². The van der Waals surface area contributed by atoms with Crippen molar-refractivity contribution in [2.24, 2.45) is 0 Å². The minimum absolute atomic E-state index is 0.169. The van der Waals surface area contributed by atoms with E-state index in [1.54, 1.807) is 12.1 Å². The van der Waals surface area contributed by atoms with Crippen molar-refractivity contribution in [2.75, 3.05) is 0 Å². The molecule has 2 aromatic rings. The summed E-state index contributed by atoms with van der Waals surface area (Å²) in [5.41, 5.74) is 1.80. The molecule has 0 saturated heterocycles. The predicted octanol–water partition coefficient (Wildman–Crippen LogP) is 6.10. The van der Waals surface area contributed by atoms with Gasteiger partial charge in [0.15, 0.2) is 0 Å². The van der Waals surface area contributed by atoms with E-state index in [1.807, 2.05) is 6.07 Å². The number of ether oxygens (including phenoxy) is 2. The van der Waals surface area contributed by atoms with Crippen molar-refractivity contribution in [3.8, 4) is 17.6 Å². The minimum Gasteiger partial charge on any atom is -0.490 e. The van der Waals surface area contributed by atoms with Crippen LogP contribution in [0.3, 0.4) is 0 Å². The lowest BCUT2D eigenvalue weighted by Crippen LogP contribution is -2.30. The molecular weight excluding hydrogens is 346 g/mol. The quantitative estimate of drug-likeness (QED) is 0.639. The minimum atomic E-state index is 0.169. The molecular formula is C22H24ClNO2. The average molecular weight is 370 g/mol. The van der Waals surface area contributed by atoms with Crippen LogP contribution in [0.5, 0.6) is 11.5 Å². The van der Waals surface area contributed by atoms with E-state index in [2.05, 4.69) is 44.2 Å². The zero-order valence-electron chi connectivity index (χ0n) is 15.2. The van der Waals surface area contributed by atoms with Gasteiger partial charge in [0, 0.05) is 6.07 Å². The topological polar surface area (TPSA) is 42.2 Å². The van der Waals surface area contributed by atoms with Crippen molar-refractivity contribution in [3.05, 3.63) is 58.6 Å². The van der Waals surface area contributed by atoms with Gasteiger partial charge < -0.3 is 9.47 Å².